The van der Waals surface area contributed by atoms with E-state index in [1.54, 1.807) is 24.5 Å². The Labute approximate surface area is 140 Å². The van der Waals surface area contributed by atoms with Crippen molar-refractivity contribution in [1.29, 1.82) is 0 Å². The van der Waals surface area contributed by atoms with Crippen LogP contribution >= 0.6 is 0 Å². The number of sulfonamides is 1. The molecule has 1 aromatic carbocycles. The number of hydrogen-bond donors (Lipinski definition) is 1. The summed E-state index contributed by atoms with van der Waals surface area (Å²) in [7, 11) is -3.77. The summed E-state index contributed by atoms with van der Waals surface area (Å²) >= 11 is 0. The van der Waals surface area contributed by atoms with Gasteiger partial charge in [0.15, 0.2) is 0 Å². The van der Waals surface area contributed by atoms with Gasteiger partial charge in [-0.1, -0.05) is 12.1 Å². The zero-order valence-corrected chi connectivity index (χ0v) is 14.1. The van der Waals surface area contributed by atoms with Crippen molar-refractivity contribution >= 4 is 21.6 Å². The number of anilines is 1. The van der Waals surface area contributed by atoms with Crippen LogP contribution in [0.15, 0.2) is 48.8 Å². The van der Waals surface area contributed by atoms with Crippen molar-refractivity contribution in [3.8, 4) is 0 Å². The van der Waals surface area contributed by atoms with Crippen molar-refractivity contribution in [3.05, 3.63) is 60.2 Å². The Balaban J connectivity index is 2.19. The lowest BCUT2D eigenvalue weighted by Gasteiger charge is -2.28. The summed E-state index contributed by atoms with van der Waals surface area (Å²) < 4.78 is 38.5. The molecule has 0 radical (unpaired) electrons. The first kappa shape index (κ1) is 17.9. The first-order chi connectivity index (χ1) is 11.3. The smallest absolute Gasteiger partial charge is 0.243 e. The van der Waals surface area contributed by atoms with Crippen molar-refractivity contribution in [2.45, 2.75) is 19.5 Å². The molecule has 0 spiro atoms. The third kappa shape index (κ3) is 4.51. The molecule has 1 aromatic heterocycles. The van der Waals surface area contributed by atoms with Crippen LogP contribution in [0.1, 0.15) is 12.5 Å². The van der Waals surface area contributed by atoms with E-state index in [-0.39, 0.29) is 12.2 Å². The second-order valence-corrected chi connectivity index (χ2v) is 7.15. The molecule has 8 heteroatoms. The molecule has 2 rings (SSSR count). The number of nitrogens with one attached hydrogen (secondary N) is 1. The topological polar surface area (TPSA) is 79.4 Å². The molecule has 1 amide bonds. The molecule has 0 saturated carbocycles. The van der Waals surface area contributed by atoms with Gasteiger partial charge in [-0.25, -0.2) is 12.8 Å². The molecule has 0 aliphatic carbocycles. The zero-order valence-electron chi connectivity index (χ0n) is 13.3. The van der Waals surface area contributed by atoms with E-state index in [2.05, 4.69) is 10.3 Å². The Morgan fingerprint density at radius 3 is 2.67 bits per heavy atom. The fraction of sp³-hybridized carbons (Fsp3) is 0.250. The van der Waals surface area contributed by atoms with Crippen LogP contribution in [0, 0.1) is 5.82 Å². The van der Waals surface area contributed by atoms with Crippen LogP contribution in [-0.2, 0) is 21.4 Å². The molecule has 0 fully saturated rings. The average molecular weight is 351 g/mol. The second-order valence-electron chi connectivity index (χ2n) is 5.29. The van der Waals surface area contributed by atoms with Crippen LogP contribution in [0.3, 0.4) is 0 Å². The first-order valence-electron chi connectivity index (χ1n) is 7.20. The largest absolute Gasteiger partial charge is 0.350 e. The number of nitrogens with zero attached hydrogens (tertiary/aromatic N) is 2. The van der Waals surface area contributed by atoms with Gasteiger partial charge in [0.05, 0.1) is 11.9 Å². The molecule has 0 saturated heterocycles. The highest BCUT2D eigenvalue weighted by Crippen LogP contribution is 2.21. The van der Waals surface area contributed by atoms with Crippen molar-refractivity contribution in [1.82, 2.24) is 10.3 Å². The number of carbonyl (C=O) groups excluding carboxylic acids is 1. The van der Waals surface area contributed by atoms with Crippen LogP contribution in [0.4, 0.5) is 10.1 Å². The van der Waals surface area contributed by atoms with E-state index in [0.29, 0.717) is 0 Å². The van der Waals surface area contributed by atoms with Crippen molar-refractivity contribution in [2.24, 2.45) is 0 Å². The van der Waals surface area contributed by atoms with Gasteiger partial charge in [0.1, 0.15) is 11.9 Å². The summed E-state index contributed by atoms with van der Waals surface area (Å²) in [6, 6.07) is 7.61. The minimum Gasteiger partial charge on any atom is -0.350 e. The molecule has 1 N–H and O–H groups in total. The van der Waals surface area contributed by atoms with Gasteiger partial charge in [-0.3, -0.25) is 14.1 Å². The summed E-state index contributed by atoms with van der Waals surface area (Å²) in [4.78, 5) is 16.3. The number of halogens is 1. The van der Waals surface area contributed by atoms with E-state index in [4.69, 9.17) is 0 Å². The van der Waals surface area contributed by atoms with Gasteiger partial charge in [0, 0.05) is 18.9 Å². The normalized spacial score (nSPS) is 12.5. The van der Waals surface area contributed by atoms with Gasteiger partial charge >= 0.3 is 0 Å². The minimum absolute atomic E-state index is 0.0986. The lowest BCUT2D eigenvalue weighted by molar-refractivity contribution is -0.122. The third-order valence-electron chi connectivity index (χ3n) is 3.34. The Kier molecular flexibility index (Phi) is 5.50. The maximum atomic E-state index is 13.4. The van der Waals surface area contributed by atoms with Gasteiger partial charge in [-0.15, -0.1) is 0 Å². The Bertz CT molecular complexity index is 812. The van der Waals surface area contributed by atoms with E-state index >= 15 is 0 Å². The number of aromatic nitrogens is 1. The lowest BCUT2D eigenvalue weighted by atomic mass is 10.2. The van der Waals surface area contributed by atoms with E-state index in [0.717, 1.165) is 22.2 Å². The fourth-order valence-electron chi connectivity index (χ4n) is 2.26. The monoisotopic (exact) mass is 351 g/mol. The van der Waals surface area contributed by atoms with Crippen LogP contribution in [0.2, 0.25) is 0 Å². The molecule has 6 nitrogen and oxygen atoms in total. The van der Waals surface area contributed by atoms with E-state index in [1.807, 2.05) is 0 Å². The molecular weight excluding hydrogens is 333 g/mol. The number of benzene rings is 1. The van der Waals surface area contributed by atoms with Gasteiger partial charge in [-0.2, -0.15) is 0 Å². The van der Waals surface area contributed by atoms with Crippen molar-refractivity contribution in [3.63, 3.8) is 0 Å². The quantitative estimate of drug-likeness (QED) is 0.859. The third-order valence-corrected chi connectivity index (χ3v) is 4.58. The van der Waals surface area contributed by atoms with Gasteiger partial charge < -0.3 is 5.32 Å². The number of carbonyl (C=O) groups is 1. The van der Waals surface area contributed by atoms with Gasteiger partial charge in [0.2, 0.25) is 15.9 Å². The summed E-state index contributed by atoms with van der Waals surface area (Å²) in [6.07, 6.45) is 4.19. The van der Waals surface area contributed by atoms with E-state index in [9.17, 15) is 17.6 Å². The van der Waals surface area contributed by atoms with Crippen molar-refractivity contribution in [2.75, 3.05) is 10.6 Å². The molecule has 128 valence electrons. The average Bonchev–Trinajstić information content (AvgIpc) is 2.52. The molecule has 1 atom stereocenters. The Hall–Kier alpha value is -2.48. The highest BCUT2D eigenvalue weighted by molar-refractivity contribution is 7.92. The molecular formula is C16H18FN3O3S. The number of amides is 1. The lowest BCUT2D eigenvalue weighted by Crippen LogP contribution is -2.47. The number of hydrogen-bond acceptors (Lipinski definition) is 4. The van der Waals surface area contributed by atoms with Crippen LogP contribution < -0.4 is 9.62 Å². The molecule has 2 aromatic rings. The van der Waals surface area contributed by atoms with Gasteiger partial charge in [0.25, 0.3) is 0 Å². The highest BCUT2D eigenvalue weighted by atomic mass is 32.2. The van der Waals surface area contributed by atoms with Crippen LogP contribution in [0.25, 0.3) is 0 Å². The SMILES string of the molecule is CC(C(=O)NCc1cccnc1)N(c1cccc(F)c1)S(C)(=O)=O. The Morgan fingerprint density at radius 2 is 2.08 bits per heavy atom. The minimum atomic E-state index is -3.77. The molecule has 1 unspecified atom stereocenters. The standard InChI is InChI=1S/C16H18FN3O3S/c1-12(16(21)19-11-13-5-4-8-18-10-13)20(24(2,22)23)15-7-3-6-14(17)9-15/h3-10,12H,11H2,1-2H3,(H,19,21). The van der Waals surface area contributed by atoms with Gasteiger partial charge in [-0.05, 0) is 36.8 Å². The number of rotatable bonds is 6. The first-order valence-corrected chi connectivity index (χ1v) is 9.05. The number of pyridine rings is 1. The fourth-order valence-corrected chi connectivity index (χ4v) is 3.43. The van der Waals surface area contributed by atoms with Crippen molar-refractivity contribution < 1.29 is 17.6 Å². The maximum Gasteiger partial charge on any atom is 0.243 e. The molecule has 0 bridgehead atoms. The van der Waals surface area contributed by atoms with E-state index in [1.165, 1.54) is 25.1 Å². The molecule has 1 heterocycles. The van der Waals surface area contributed by atoms with Crippen LogP contribution in [-0.4, -0.2) is 31.6 Å². The van der Waals surface area contributed by atoms with Crippen LogP contribution in [0.5, 0.6) is 0 Å². The second kappa shape index (κ2) is 7.39. The summed E-state index contributed by atoms with van der Waals surface area (Å²) in [5.74, 6) is -1.07. The molecule has 24 heavy (non-hydrogen) atoms. The highest BCUT2D eigenvalue weighted by Gasteiger charge is 2.29. The molecule has 0 aliphatic rings. The van der Waals surface area contributed by atoms with E-state index < -0.39 is 27.8 Å². The summed E-state index contributed by atoms with van der Waals surface area (Å²) in [6.45, 7) is 1.67. The summed E-state index contributed by atoms with van der Waals surface area (Å²) in [5, 5.41) is 2.66. The zero-order chi connectivity index (χ0) is 17.7. The summed E-state index contributed by atoms with van der Waals surface area (Å²) in [5.41, 5.74) is 0.885. The predicted molar refractivity (Wildman–Crippen MR) is 89.3 cm³/mol. The molecule has 0 aliphatic heterocycles. The maximum absolute atomic E-state index is 13.4. The predicted octanol–water partition coefficient (Wildman–Crippen LogP) is 1.69. The Morgan fingerprint density at radius 1 is 1.33 bits per heavy atom.